The molecule has 0 atom stereocenters. The van der Waals surface area contributed by atoms with Crippen molar-refractivity contribution in [3.05, 3.63) is 27.5 Å². The average Bonchev–Trinajstić information content (AvgIpc) is 3.15. The van der Waals surface area contributed by atoms with Crippen molar-refractivity contribution in [1.29, 1.82) is 0 Å². The Kier molecular flexibility index (Phi) is 3.32. The van der Waals surface area contributed by atoms with E-state index in [9.17, 15) is 4.79 Å². The molecule has 1 aliphatic rings. The molecule has 19 heavy (non-hydrogen) atoms. The van der Waals surface area contributed by atoms with Crippen LogP contribution in [-0.4, -0.2) is 24.7 Å². The second kappa shape index (κ2) is 4.97. The highest BCUT2D eigenvalue weighted by Crippen LogP contribution is 2.39. The van der Waals surface area contributed by atoms with Crippen molar-refractivity contribution in [2.45, 2.75) is 42.4 Å². The Morgan fingerprint density at radius 3 is 3.00 bits per heavy atom. The van der Waals surface area contributed by atoms with Gasteiger partial charge in [-0.3, -0.25) is 4.57 Å². The Labute approximate surface area is 118 Å². The average molecular weight is 298 g/mol. The van der Waals surface area contributed by atoms with Crippen LogP contribution >= 0.6 is 23.4 Å². The Morgan fingerprint density at radius 2 is 2.32 bits per heavy atom. The standard InChI is InChI=1S/C11H12ClN5OS/c1-2-17-10(18)15-16-11(17)19-8-5-7(12)13-9(14-8)6-3-4-6/h5-6H,2-4H2,1H3,(H,15,18). The summed E-state index contributed by atoms with van der Waals surface area (Å²) >= 11 is 7.32. The van der Waals surface area contributed by atoms with Crippen LogP contribution in [0.15, 0.2) is 21.0 Å². The van der Waals surface area contributed by atoms with Gasteiger partial charge in [-0.05, 0) is 31.5 Å². The molecule has 0 bridgehead atoms. The largest absolute Gasteiger partial charge is 0.343 e. The summed E-state index contributed by atoms with van der Waals surface area (Å²) in [7, 11) is 0. The molecule has 3 rings (SSSR count). The third-order valence-electron chi connectivity index (χ3n) is 2.87. The predicted molar refractivity (Wildman–Crippen MR) is 71.7 cm³/mol. The number of halogens is 1. The maximum absolute atomic E-state index is 11.5. The van der Waals surface area contributed by atoms with Gasteiger partial charge in [0.2, 0.25) is 0 Å². The van der Waals surface area contributed by atoms with Gasteiger partial charge in [0.1, 0.15) is 16.0 Å². The lowest BCUT2D eigenvalue weighted by Gasteiger charge is -2.04. The van der Waals surface area contributed by atoms with Crippen molar-refractivity contribution >= 4 is 23.4 Å². The van der Waals surface area contributed by atoms with Gasteiger partial charge in [-0.15, -0.1) is 5.10 Å². The lowest BCUT2D eigenvalue weighted by atomic mass is 10.4. The van der Waals surface area contributed by atoms with Crippen molar-refractivity contribution in [3.8, 4) is 0 Å². The van der Waals surface area contributed by atoms with Crippen molar-refractivity contribution < 1.29 is 0 Å². The van der Waals surface area contributed by atoms with Crippen LogP contribution in [0.1, 0.15) is 31.5 Å². The van der Waals surface area contributed by atoms with Gasteiger partial charge in [0.15, 0.2) is 5.16 Å². The predicted octanol–water partition coefficient (Wildman–Crippen LogP) is 2.06. The van der Waals surface area contributed by atoms with Crippen molar-refractivity contribution in [1.82, 2.24) is 24.7 Å². The van der Waals surface area contributed by atoms with Crippen molar-refractivity contribution in [2.75, 3.05) is 0 Å². The number of rotatable bonds is 4. The van der Waals surface area contributed by atoms with Crippen LogP contribution in [0, 0.1) is 0 Å². The molecule has 1 aliphatic carbocycles. The minimum absolute atomic E-state index is 0.215. The van der Waals surface area contributed by atoms with E-state index in [-0.39, 0.29) is 5.69 Å². The maximum atomic E-state index is 11.5. The molecule has 2 aromatic heterocycles. The normalized spacial score (nSPS) is 14.8. The van der Waals surface area contributed by atoms with E-state index in [0.717, 1.165) is 23.7 Å². The number of aromatic nitrogens is 5. The Bertz CT molecular complexity index is 663. The summed E-state index contributed by atoms with van der Waals surface area (Å²) < 4.78 is 1.55. The molecule has 2 heterocycles. The summed E-state index contributed by atoms with van der Waals surface area (Å²) in [5, 5.41) is 8.16. The van der Waals surface area contributed by atoms with E-state index in [1.165, 1.54) is 11.8 Å². The smallest absolute Gasteiger partial charge is 0.270 e. The quantitative estimate of drug-likeness (QED) is 0.874. The molecular weight excluding hydrogens is 286 g/mol. The van der Waals surface area contributed by atoms with Crippen LogP contribution < -0.4 is 5.69 Å². The molecular formula is C11H12ClN5OS. The number of nitrogens with one attached hydrogen (secondary N) is 1. The van der Waals surface area contributed by atoms with Crippen LogP contribution in [0.5, 0.6) is 0 Å². The van der Waals surface area contributed by atoms with Crippen molar-refractivity contribution in [2.24, 2.45) is 0 Å². The molecule has 1 fully saturated rings. The molecule has 0 radical (unpaired) electrons. The number of hydrogen-bond acceptors (Lipinski definition) is 5. The highest BCUT2D eigenvalue weighted by Gasteiger charge is 2.27. The first-order chi connectivity index (χ1) is 9.17. The topological polar surface area (TPSA) is 76.5 Å². The van der Waals surface area contributed by atoms with Crippen LogP contribution in [0.25, 0.3) is 0 Å². The van der Waals surface area contributed by atoms with E-state index >= 15 is 0 Å². The molecule has 8 heteroatoms. The van der Waals surface area contributed by atoms with Gasteiger partial charge in [-0.2, -0.15) is 0 Å². The first-order valence-corrected chi connectivity index (χ1v) is 7.24. The van der Waals surface area contributed by atoms with Crippen LogP contribution in [0.4, 0.5) is 0 Å². The molecule has 2 aromatic rings. The molecule has 0 spiro atoms. The zero-order valence-corrected chi connectivity index (χ0v) is 11.8. The van der Waals surface area contributed by atoms with Crippen LogP contribution in [0.2, 0.25) is 5.15 Å². The summed E-state index contributed by atoms with van der Waals surface area (Å²) in [6.07, 6.45) is 2.24. The summed E-state index contributed by atoms with van der Waals surface area (Å²) in [4.78, 5) is 20.2. The summed E-state index contributed by atoms with van der Waals surface area (Å²) in [6, 6.07) is 1.69. The van der Waals surface area contributed by atoms with E-state index < -0.39 is 0 Å². The molecule has 6 nitrogen and oxygen atoms in total. The number of nitrogens with zero attached hydrogens (tertiary/aromatic N) is 4. The Balaban J connectivity index is 1.92. The number of hydrogen-bond donors (Lipinski definition) is 1. The lowest BCUT2D eigenvalue weighted by molar-refractivity contribution is 0.660. The van der Waals surface area contributed by atoms with E-state index in [1.54, 1.807) is 10.6 Å². The highest BCUT2D eigenvalue weighted by atomic mass is 35.5. The first kappa shape index (κ1) is 12.7. The monoisotopic (exact) mass is 297 g/mol. The summed E-state index contributed by atoms with van der Waals surface area (Å²) in [5.41, 5.74) is -0.215. The first-order valence-electron chi connectivity index (χ1n) is 6.05. The third-order valence-corrected chi connectivity index (χ3v) is 3.97. The molecule has 0 unspecified atom stereocenters. The van der Waals surface area contributed by atoms with Crippen LogP contribution in [0.3, 0.4) is 0 Å². The molecule has 1 N–H and O–H groups in total. The maximum Gasteiger partial charge on any atom is 0.343 e. The van der Waals surface area contributed by atoms with E-state index in [2.05, 4.69) is 20.2 Å². The van der Waals surface area contributed by atoms with Gasteiger partial charge >= 0.3 is 5.69 Å². The molecule has 0 amide bonds. The fraction of sp³-hybridized carbons (Fsp3) is 0.455. The summed E-state index contributed by atoms with van der Waals surface area (Å²) in [6.45, 7) is 2.45. The Hall–Kier alpha value is -1.34. The molecule has 0 aliphatic heterocycles. The number of aromatic amines is 1. The van der Waals surface area contributed by atoms with E-state index in [1.807, 2.05) is 6.92 Å². The van der Waals surface area contributed by atoms with Gasteiger partial charge in [-0.25, -0.2) is 19.9 Å². The van der Waals surface area contributed by atoms with Gasteiger partial charge in [-0.1, -0.05) is 11.6 Å². The molecule has 100 valence electrons. The second-order valence-corrected chi connectivity index (χ2v) is 5.69. The van der Waals surface area contributed by atoms with Crippen molar-refractivity contribution in [3.63, 3.8) is 0 Å². The molecule has 0 saturated heterocycles. The van der Waals surface area contributed by atoms with Gasteiger partial charge < -0.3 is 0 Å². The zero-order chi connectivity index (χ0) is 13.4. The lowest BCUT2D eigenvalue weighted by Crippen LogP contribution is -2.16. The number of H-pyrrole nitrogens is 1. The minimum atomic E-state index is -0.215. The fourth-order valence-electron chi connectivity index (χ4n) is 1.74. The SMILES string of the molecule is CCn1c(Sc2cc(Cl)nc(C3CC3)n2)n[nH]c1=O. The third kappa shape index (κ3) is 2.66. The minimum Gasteiger partial charge on any atom is -0.270 e. The van der Waals surface area contributed by atoms with Gasteiger partial charge in [0.05, 0.1) is 0 Å². The van der Waals surface area contributed by atoms with Gasteiger partial charge in [0, 0.05) is 18.5 Å². The molecule has 1 saturated carbocycles. The van der Waals surface area contributed by atoms with Crippen LogP contribution in [-0.2, 0) is 6.54 Å². The van der Waals surface area contributed by atoms with Gasteiger partial charge in [0.25, 0.3) is 0 Å². The zero-order valence-electron chi connectivity index (χ0n) is 10.3. The molecule has 0 aromatic carbocycles. The van der Waals surface area contributed by atoms with E-state index in [4.69, 9.17) is 11.6 Å². The highest BCUT2D eigenvalue weighted by molar-refractivity contribution is 7.99. The second-order valence-electron chi connectivity index (χ2n) is 4.32. The Morgan fingerprint density at radius 1 is 1.53 bits per heavy atom. The van der Waals surface area contributed by atoms with E-state index in [0.29, 0.717) is 22.8 Å². The fourth-order valence-corrected chi connectivity index (χ4v) is 2.91. The summed E-state index contributed by atoms with van der Waals surface area (Å²) in [5.74, 6) is 1.22.